The van der Waals surface area contributed by atoms with Crippen LogP contribution in [-0.2, 0) is 6.54 Å². The van der Waals surface area contributed by atoms with Crippen LogP contribution < -0.4 is 24.3 Å². The lowest BCUT2D eigenvalue weighted by atomic mass is 10.1. The lowest BCUT2D eigenvalue weighted by molar-refractivity contribution is 0.0941. The third-order valence-electron chi connectivity index (χ3n) is 5.39. The van der Waals surface area contributed by atoms with Gasteiger partial charge in [-0.1, -0.05) is 6.92 Å². The van der Waals surface area contributed by atoms with Gasteiger partial charge in [-0.15, -0.1) is 0 Å². The smallest absolute Gasteiger partial charge is 0.251 e. The Bertz CT molecular complexity index is 901. The summed E-state index contributed by atoms with van der Waals surface area (Å²) in [7, 11) is 1.67. The zero-order chi connectivity index (χ0) is 20.9. The zero-order valence-electron chi connectivity index (χ0n) is 17.5. The molecule has 7 nitrogen and oxygen atoms in total. The third-order valence-corrected chi connectivity index (χ3v) is 5.39. The third kappa shape index (κ3) is 4.62. The van der Waals surface area contributed by atoms with Gasteiger partial charge in [0, 0.05) is 37.3 Å². The van der Waals surface area contributed by atoms with Gasteiger partial charge in [0.15, 0.2) is 11.5 Å². The molecule has 2 aromatic carbocycles. The van der Waals surface area contributed by atoms with E-state index in [9.17, 15) is 4.79 Å². The molecule has 1 N–H and O–H groups in total. The first kappa shape index (κ1) is 20.3. The number of amides is 1. The minimum Gasteiger partial charge on any atom is -0.497 e. The van der Waals surface area contributed by atoms with Crippen LogP contribution in [0.15, 0.2) is 36.4 Å². The Balaban J connectivity index is 1.37. The highest BCUT2D eigenvalue weighted by Crippen LogP contribution is 2.31. The van der Waals surface area contributed by atoms with Crippen molar-refractivity contribution in [2.75, 3.05) is 40.0 Å². The minimum atomic E-state index is -0.118. The Hall–Kier alpha value is -2.93. The van der Waals surface area contributed by atoms with Gasteiger partial charge in [0.1, 0.15) is 30.8 Å². The molecule has 0 fully saturated rings. The molecule has 1 amide bonds. The molecule has 0 bridgehead atoms. The largest absolute Gasteiger partial charge is 0.497 e. The minimum absolute atomic E-state index is 0.118. The summed E-state index contributed by atoms with van der Waals surface area (Å²) in [5, 5.41) is 3.01. The van der Waals surface area contributed by atoms with E-state index in [0.717, 1.165) is 43.1 Å². The lowest BCUT2D eigenvalue weighted by Crippen LogP contribution is -2.38. The van der Waals surface area contributed by atoms with E-state index in [0.29, 0.717) is 36.8 Å². The number of carbonyl (C=O) groups excluding carboxylic acids is 1. The summed E-state index contributed by atoms with van der Waals surface area (Å²) in [6.45, 7) is 6.00. The first-order chi connectivity index (χ1) is 14.7. The second kappa shape index (κ2) is 9.26. The summed E-state index contributed by atoms with van der Waals surface area (Å²) >= 11 is 0. The number of rotatable bonds is 6. The number of nitrogens with zero attached hydrogens (tertiary/aromatic N) is 1. The van der Waals surface area contributed by atoms with E-state index in [4.69, 9.17) is 18.9 Å². The van der Waals surface area contributed by atoms with E-state index < -0.39 is 0 Å². The van der Waals surface area contributed by atoms with E-state index >= 15 is 0 Å². The van der Waals surface area contributed by atoms with Crippen molar-refractivity contribution in [3.63, 3.8) is 0 Å². The monoisotopic (exact) mass is 412 g/mol. The quantitative estimate of drug-likeness (QED) is 0.787. The maximum atomic E-state index is 12.6. The molecule has 2 aromatic rings. The van der Waals surface area contributed by atoms with Gasteiger partial charge >= 0.3 is 0 Å². The molecule has 7 heteroatoms. The van der Waals surface area contributed by atoms with Gasteiger partial charge in [-0.3, -0.25) is 9.69 Å². The Morgan fingerprint density at radius 2 is 1.93 bits per heavy atom. The Kier molecular flexibility index (Phi) is 6.28. The Morgan fingerprint density at radius 3 is 2.73 bits per heavy atom. The molecule has 2 aliphatic heterocycles. The number of ether oxygens (including phenoxy) is 4. The van der Waals surface area contributed by atoms with Crippen molar-refractivity contribution in [3.05, 3.63) is 47.5 Å². The molecule has 0 saturated heterocycles. The van der Waals surface area contributed by atoms with Crippen molar-refractivity contribution in [2.45, 2.75) is 26.0 Å². The van der Waals surface area contributed by atoms with Crippen molar-refractivity contribution >= 4 is 5.91 Å². The lowest BCUT2D eigenvalue weighted by Gasteiger charge is -2.23. The van der Waals surface area contributed by atoms with Gasteiger partial charge in [-0.2, -0.15) is 0 Å². The van der Waals surface area contributed by atoms with Crippen LogP contribution in [0.25, 0.3) is 0 Å². The van der Waals surface area contributed by atoms with Gasteiger partial charge in [-0.25, -0.2) is 0 Å². The van der Waals surface area contributed by atoms with Crippen molar-refractivity contribution in [1.82, 2.24) is 10.2 Å². The topological polar surface area (TPSA) is 69.3 Å². The number of hydrogen-bond acceptors (Lipinski definition) is 6. The van der Waals surface area contributed by atoms with Gasteiger partial charge in [0.05, 0.1) is 7.11 Å². The maximum Gasteiger partial charge on any atom is 0.251 e. The number of fused-ring (bicyclic) bond motifs is 2. The summed E-state index contributed by atoms with van der Waals surface area (Å²) in [5.41, 5.74) is 1.67. The first-order valence-corrected chi connectivity index (χ1v) is 10.4. The second-order valence-electron chi connectivity index (χ2n) is 7.47. The average molecular weight is 412 g/mol. The van der Waals surface area contributed by atoms with Crippen molar-refractivity contribution in [3.8, 4) is 23.0 Å². The molecule has 2 aliphatic rings. The summed E-state index contributed by atoms with van der Waals surface area (Å²) < 4.78 is 22.6. The summed E-state index contributed by atoms with van der Waals surface area (Å²) in [6, 6.07) is 11.2. The zero-order valence-corrected chi connectivity index (χ0v) is 17.5. The van der Waals surface area contributed by atoms with E-state index in [1.807, 2.05) is 18.2 Å². The van der Waals surface area contributed by atoms with Crippen LogP contribution in [0.3, 0.4) is 0 Å². The molecule has 30 heavy (non-hydrogen) atoms. The number of benzene rings is 2. The van der Waals surface area contributed by atoms with Gasteiger partial charge < -0.3 is 24.3 Å². The van der Waals surface area contributed by atoms with Crippen molar-refractivity contribution in [2.24, 2.45) is 0 Å². The molecule has 0 aromatic heterocycles. The predicted molar refractivity (Wildman–Crippen MR) is 113 cm³/mol. The predicted octanol–water partition coefficient (Wildman–Crippen LogP) is 2.87. The second-order valence-corrected chi connectivity index (χ2v) is 7.47. The molecular weight excluding hydrogens is 384 g/mol. The molecular formula is C23H28N2O5. The van der Waals surface area contributed by atoms with Crippen LogP contribution in [0.5, 0.6) is 23.0 Å². The number of methoxy groups -OCH3 is 1. The Morgan fingerprint density at radius 1 is 1.13 bits per heavy atom. The highest BCUT2D eigenvalue weighted by molar-refractivity contribution is 5.94. The van der Waals surface area contributed by atoms with Gasteiger partial charge in [0.25, 0.3) is 5.91 Å². The highest BCUT2D eigenvalue weighted by atomic mass is 16.6. The number of nitrogens with one attached hydrogen (secondary N) is 1. The fraction of sp³-hybridized carbons (Fsp3) is 0.435. The molecule has 0 spiro atoms. The maximum absolute atomic E-state index is 12.6. The van der Waals surface area contributed by atoms with E-state index in [1.54, 1.807) is 25.3 Å². The highest BCUT2D eigenvalue weighted by Gasteiger charge is 2.22. The van der Waals surface area contributed by atoms with Crippen LogP contribution in [0.4, 0.5) is 0 Å². The van der Waals surface area contributed by atoms with Crippen LogP contribution in [-0.4, -0.2) is 56.9 Å². The van der Waals surface area contributed by atoms with Crippen molar-refractivity contribution in [1.29, 1.82) is 0 Å². The first-order valence-electron chi connectivity index (χ1n) is 10.4. The molecule has 0 aliphatic carbocycles. The molecule has 1 unspecified atom stereocenters. The molecule has 0 saturated carbocycles. The normalized spacial score (nSPS) is 18.0. The summed E-state index contributed by atoms with van der Waals surface area (Å²) in [4.78, 5) is 14.9. The van der Waals surface area contributed by atoms with Gasteiger partial charge in [0.2, 0.25) is 0 Å². The SMILES string of the molecule is CCC1CN(CCNC(=O)c2ccc3c(c2)OCCO3)Cc2cc(OC)ccc2O1. The van der Waals surface area contributed by atoms with E-state index in [1.165, 1.54) is 0 Å². The molecule has 160 valence electrons. The van der Waals surface area contributed by atoms with Crippen LogP contribution in [0, 0.1) is 0 Å². The average Bonchev–Trinajstić information content (AvgIpc) is 2.96. The number of carbonyl (C=O) groups is 1. The summed E-state index contributed by atoms with van der Waals surface area (Å²) in [6.07, 6.45) is 1.04. The van der Waals surface area contributed by atoms with Gasteiger partial charge in [-0.05, 0) is 42.8 Å². The fourth-order valence-corrected chi connectivity index (χ4v) is 3.73. The van der Waals surface area contributed by atoms with Crippen molar-refractivity contribution < 1.29 is 23.7 Å². The number of hydrogen-bond donors (Lipinski definition) is 1. The molecule has 0 radical (unpaired) electrons. The van der Waals surface area contributed by atoms with E-state index in [2.05, 4.69) is 17.1 Å². The Labute approximate surface area is 176 Å². The summed E-state index contributed by atoms with van der Waals surface area (Å²) in [5.74, 6) is 2.91. The standard InChI is InChI=1S/C23H28N2O5/c1-3-18-15-25(14-17-12-19(27-2)5-7-20(17)30-18)9-8-24-23(26)16-4-6-21-22(13-16)29-11-10-28-21/h4-7,12-13,18H,3,8-11,14-15H2,1-2H3,(H,24,26). The molecule has 2 heterocycles. The van der Waals surface area contributed by atoms with Crippen LogP contribution in [0.1, 0.15) is 29.3 Å². The van der Waals surface area contributed by atoms with Crippen LogP contribution >= 0.6 is 0 Å². The fourth-order valence-electron chi connectivity index (χ4n) is 3.73. The van der Waals surface area contributed by atoms with Crippen LogP contribution in [0.2, 0.25) is 0 Å². The molecule has 4 rings (SSSR count). The molecule has 1 atom stereocenters. The van der Waals surface area contributed by atoms with E-state index in [-0.39, 0.29) is 12.0 Å².